The fourth-order valence-electron chi connectivity index (χ4n) is 1.51. The average molecular weight is 251 g/mol. The van der Waals surface area contributed by atoms with Gasteiger partial charge in [-0.25, -0.2) is 5.48 Å². The molecule has 0 aromatic heterocycles. The predicted molar refractivity (Wildman–Crippen MR) is 65.9 cm³/mol. The number of aliphatic hydroxyl groups excluding tert-OH is 1. The minimum atomic E-state index is -0.833. The normalized spacial score (nSPS) is 13.6. The van der Waals surface area contributed by atoms with Gasteiger partial charge in [0.2, 0.25) is 0 Å². The lowest BCUT2D eigenvalue weighted by Gasteiger charge is -2.27. The summed E-state index contributed by atoms with van der Waals surface area (Å²) in [5.41, 5.74) is 1.42. The Balaban J connectivity index is 2.87. The van der Waals surface area contributed by atoms with E-state index in [2.05, 4.69) is 0 Å². The number of benzene rings is 1. The molecule has 1 aromatic carbocycles. The molecular formula is C13H17NO4. The van der Waals surface area contributed by atoms with Crippen LogP contribution in [0.3, 0.4) is 0 Å². The molecule has 0 aliphatic carbocycles. The van der Waals surface area contributed by atoms with Crippen LogP contribution >= 0.6 is 0 Å². The first-order chi connectivity index (χ1) is 8.36. The molecule has 1 atom stereocenters. The molecule has 1 amide bonds. The van der Waals surface area contributed by atoms with Crippen LogP contribution in [0.5, 0.6) is 5.75 Å². The van der Waals surface area contributed by atoms with Gasteiger partial charge in [0.15, 0.2) is 0 Å². The van der Waals surface area contributed by atoms with E-state index in [1.54, 1.807) is 26.0 Å². The Morgan fingerprint density at radius 1 is 1.33 bits per heavy atom. The van der Waals surface area contributed by atoms with Gasteiger partial charge in [0.1, 0.15) is 5.75 Å². The number of hydrogen-bond acceptors (Lipinski definition) is 4. The summed E-state index contributed by atoms with van der Waals surface area (Å²) in [5.74, 6) is -0.528. The molecule has 0 fully saturated rings. The summed E-state index contributed by atoms with van der Waals surface area (Å²) in [6.45, 7) is 3.51. The predicted octanol–water partition coefficient (Wildman–Crippen LogP) is 1.51. The van der Waals surface area contributed by atoms with Gasteiger partial charge in [0.05, 0.1) is 6.10 Å². The summed E-state index contributed by atoms with van der Waals surface area (Å²) >= 11 is 0. The topological polar surface area (TPSA) is 89.8 Å². The molecule has 0 aliphatic heterocycles. The van der Waals surface area contributed by atoms with Crippen LogP contribution < -0.4 is 5.48 Å². The van der Waals surface area contributed by atoms with E-state index in [0.717, 1.165) is 6.08 Å². The van der Waals surface area contributed by atoms with Crippen LogP contribution in [-0.2, 0) is 4.79 Å². The van der Waals surface area contributed by atoms with E-state index >= 15 is 0 Å². The molecule has 0 bridgehead atoms. The van der Waals surface area contributed by atoms with Gasteiger partial charge in [0.25, 0.3) is 5.91 Å². The number of hydroxylamine groups is 1. The maximum absolute atomic E-state index is 10.9. The second-order valence-corrected chi connectivity index (χ2v) is 4.62. The van der Waals surface area contributed by atoms with Crippen LogP contribution in [0.15, 0.2) is 36.4 Å². The Bertz CT molecular complexity index is 437. The molecular weight excluding hydrogens is 234 g/mol. The van der Waals surface area contributed by atoms with Crippen LogP contribution in [0, 0.1) is 5.41 Å². The summed E-state index contributed by atoms with van der Waals surface area (Å²) in [6.07, 6.45) is 1.83. The maximum atomic E-state index is 10.9. The van der Waals surface area contributed by atoms with Gasteiger partial charge < -0.3 is 10.2 Å². The highest BCUT2D eigenvalue weighted by atomic mass is 16.5. The zero-order valence-electron chi connectivity index (χ0n) is 10.3. The molecule has 1 aromatic rings. The monoisotopic (exact) mass is 251 g/mol. The molecule has 0 saturated carbocycles. The first-order valence-corrected chi connectivity index (χ1v) is 5.47. The van der Waals surface area contributed by atoms with Crippen LogP contribution in [0.2, 0.25) is 0 Å². The van der Waals surface area contributed by atoms with E-state index in [1.165, 1.54) is 23.7 Å². The quantitative estimate of drug-likeness (QED) is 0.371. The number of aromatic hydroxyl groups is 1. The molecule has 18 heavy (non-hydrogen) atoms. The minimum absolute atomic E-state index is 0.124. The Morgan fingerprint density at radius 2 is 1.89 bits per heavy atom. The Labute approximate surface area is 105 Å². The van der Waals surface area contributed by atoms with E-state index < -0.39 is 17.4 Å². The number of carbonyl (C=O) groups excluding carboxylic acids is 1. The van der Waals surface area contributed by atoms with Crippen molar-refractivity contribution >= 4 is 5.91 Å². The van der Waals surface area contributed by atoms with Crippen molar-refractivity contribution in [2.45, 2.75) is 20.0 Å². The number of amides is 1. The zero-order chi connectivity index (χ0) is 13.8. The highest BCUT2D eigenvalue weighted by Crippen LogP contribution is 2.34. The second-order valence-electron chi connectivity index (χ2n) is 4.62. The van der Waals surface area contributed by atoms with Crippen LogP contribution in [0.4, 0.5) is 0 Å². The number of phenols is 1. The fourth-order valence-corrected chi connectivity index (χ4v) is 1.51. The van der Waals surface area contributed by atoms with Crippen molar-refractivity contribution in [3.8, 4) is 5.75 Å². The van der Waals surface area contributed by atoms with Gasteiger partial charge in [0, 0.05) is 11.5 Å². The van der Waals surface area contributed by atoms with Crippen molar-refractivity contribution in [1.82, 2.24) is 5.48 Å². The molecule has 0 saturated heterocycles. The highest BCUT2D eigenvalue weighted by Gasteiger charge is 2.26. The summed E-state index contributed by atoms with van der Waals surface area (Å²) in [7, 11) is 0. The number of carbonyl (C=O) groups is 1. The summed E-state index contributed by atoms with van der Waals surface area (Å²) in [5, 5.41) is 27.7. The first kappa shape index (κ1) is 14.2. The number of nitrogens with one attached hydrogen (secondary N) is 1. The third-order valence-electron chi connectivity index (χ3n) is 2.69. The minimum Gasteiger partial charge on any atom is -0.508 e. The average Bonchev–Trinajstić information content (AvgIpc) is 2.36. The van der Waals surface area contributed by atoms with E-state index in [0.29, 0.717) is 5.56 Å². The van der Waals surface area contributed by atoms with Crippen LogP contribution in [-0.4, -0.2) is 21.3 Å². The van der Waals surface area contributed by atoms with Crippen molar-refractivity contribution in [3.63, 3.8) is 0 Å². The van der Waals surface area contributed by atoms with Crippen molar-refractivity contribution < 1.29 is 20.2 Å². The second kappa shape index (κ2) is 5.66. The van der Waals surface area contributed by atoms with Gasteiger partial charge >= 0.3 is 0 Å². The lowest BCUT2D eigenvalue weighted by atomic mass is 9.82. The third-order valence-corrected chi connectivity index (χ3v) is 2.69. The molecule has 0 spiro atoms. The Morgan fingerprint density at radius 3 is 2.39 bits per heavy atom. The van der Waals surface area contributed by atoms with E-state index in [9.17, 15) is 15.0 Å². The van der Waals surface area contributed by atoms with Gasteiger partial charge in [-0.2, -0.15) is 0 Å². The van der Waals surface area contributed by atoms with Gasteiger partial charge in [-0.3, -0.25) is 10.0 Å². The number of hydrogen-bond donors (Lipinski definition) is 4. The van der Waals surface area contributed by atoms with Crippen molar-refractivity contribution in [1.29, 1.82) is 0 Å². The summed E-state index contributed by atoms with van der Waals surface area (Å²) < 4.78 is 0. The van der Waals surface area contributed by atoms with Gasteiger partial charge in [-0.1, -0.05) is 32.1 Å². The molecule has 98 valence electrons. The Kier molecular flexibility index (Phi) is 4.47. The standard InChI is InChI=1S/C13H17NO4/c1-13(2,8-7-11(16)14-18)12(17)9-3-5-10(15)6-4-9/h3-8,12,15,17-18H,1-2H3,(H,14,16)/b8-7+/t12-/m0/s1. The van der Waals surface area contributed by atoms with Crippen LogP contribution in [0.1, 0.15) is 25.5 Å². The largest absolute Gasteiger partial charge is 0.508 e. The fraction of sp³-hybridized carbons (Fsp3) is 0.308. The SMILES string of the molecule is CC(C)(/C=C/C(=O)NO)[C@@H](O)c1ccc(O)cc1. The van der Waals surface area contributed by atoms with E-state index in [4.69, 9.17) is 5.21 Å². The van der Waals surface area contributed by atoms with E-state index in [-0.39, 0.29) is 5.75 Å². The smallest absolute Gasteiger partial charge is 0.267 e. The van der Waals surface area contributed by atoms with Crippen molar-refractivity contribution in [2.75, 3.05) is 0 Å². The number of phenolic OH excluding ortho intramolecular Hbond substituents is 1. The lowest BCUT2D eigenvalue weighted by Crippen LogP contribution is -2.21. The molecule has 0 radical (unpaired) electrons. The number of aliphatic hydroxyl groups is 1. The number of rotatable bonds is 4. The van der Waals surface area contributed by atoms with Crippen molar-refractivity contribution in [2.24, 2.45) is 5.41 Å². The van der Waals surface area contributed by atoms with Crippen LogP contribution in [0.25, 0.3) is 0 Å². The molecule has 0 aliphatic rings. The zero-order valence-corrected chi connectivity index (χ0v) is 10.3. The molecule has 0 heterocycles. The molecule has 5 nitrogen and oxygen atoms in total. The van der Waals surface area contributed by atoms with E-state index in [1.807, 2.05) is 0 Å². The molecule has 4 N–H and O–H groups in total. The van der Waals surface area contributed by atoms with Gasteiger partial charge in [-0.15, -0.1) is 0 Å². The van der Waals surface area contributed by atoms with Crippen molar-refractivity contribution in [3.05, 3.63) is 42.0 Å². The Hall–Kier alpha value is -1.85. The molecule has 0 unspecified atom stereocenters. The van der Waals surface area contributed by atoms with Gasteiger partial charge in [-0.05, 0) is 17.7 Å². The lowest BCUT2D eigenvalue weighted by molar-refractivity contribution is -0.124. The molecule has 1 rings (SSSR count). The third kappa shape index (κ3) is 3.58. The highest BCUT2D eigenvalue weighted by molar-refractivity contribution is 5.86. The molecule has 5 heteroatoms. The summed E-state index contributed by atoms with van der Waals surface area (Å²) in [6, 6.07) is 6.20. The summed E-state index contributed by atoms with van der Waals surface area (Å²) in [4.78, 5) is 10.9. The maximum Gasteiger partial charge on any atom is 0.267 e. The first-order valence-electron chi connectivity index (χ1n) is 5.47.